The predicted octanol–water partition coefficient (Wildman–Crippen LogP) is 4.22. The molecule has 3 rings (SSSR count). The van der Waals surface area contributed by atoms with E-state index in [9.17, 15) is 14.7 Å². The van der Waals surface area contributed by atoms with Crippen LogP contribution in [-0.4, -0.2) is 42.0 Å². The minimum absolute atomic E-state index is 0.116. The van der Waals surface area contributed by atoms with Crippen molar-refractivity contribution in [3.8, 4) is 5.75 Å². The number of aliphatic hydroxyl groups excluding tert-OH is 1. The highest BCUT2D eigenvalue weighted by atomic mass is 16.5. The Bertz CT molecular complexity index is 934. The maximum atomic E-state index is 12.9. The van der Waals surface area contributed by atoms with Crippen LogP contribution in [0.2, 0.25) is 0 Å². The molecule has 0 bridgehead atoms. The number of ether oxygens (including phenoxy) is 2. The number of carbonyl (C=O) groups is 2. The zero-order valence-electron chi connectivity index (χ0n) is 18.2. The molecule has 0 fully saturated rings. The van der Waals surface area contributed by atoms with Crippen molar-refractivity contribution in [1.29, 1.82) is 0 Å². The Morgan fingerprint density at radius 3 is 2.39 bits per heavy atom. The molecule has 1 amide bonds. The minimum Gasteiger partial charge on any atom is -0.503 e. The van der Waals surface area contributed by atoms with Gasteiger partial charge in [0.15, 0.2) is 11.5 Å². The van der Waals surface area contributed by atoms with E-state index in [1.54, 1.807) is 7.11 Å². The van der Waals surface area contributed by atoms with Gasteiger partial charge in [0.2, 0.25) is 0 Å². The summed E-state index contributed by atoms with van der Waals surface area (Å²) in [7, 11) is 1.55. The third-order valence-electron chi connectivity index (χ3n) is 5.18. The summed E-state index contributed by atoms with van der Waals surface area (Å²) in [5.41, 5.74) is 1.97. The van der Waals surface area contributed by atoms with E-state index in [0.29, 0.717) is 19.0 Å². The predicted molar refractivity (Wildman–Crippen MR) is 118 cm³/mol. The number of ketones is 1. The van der Waals surface area contributed by atoms with Crippen LogP contribution in [0.5, 0.6) is 5.75 Å². The molecule has 1 heterocycles. The lowest BCUT2D eigenvalue weighted by Crippen LogP contribution is -2.34. The fraction of sp³-hybridized carbons (Fsp3) is 0.360. The van der Waals surface area contributed by atoms with Crippen LogP contribution in [0.3, 0.4) is 0 Å². The van der Waals surface area contributed by atoms with Gasteiger partial charge in [0.1, 0.15) is 12.4 Å². The molecule has 0 saturated carbocycles. The number of carbonyl (C=O) groups excluding carboxylic acids is 2. The Balaban J connectivity index is 1.84. The molecule has 2 aromatic rings. The van der Waals surface area contributed by atoms with E-state index >= 15 is 0 Å². The van der Waals surface area contributed by atoms with Gasteiger partial charge < -0.3 is 19.5 Å². The fourth-order valence-corrected chi connectivity index (χ4v) is 3.67. The molecule has 164 valence electrons. The second-order valence-electron chi connectivity index (χ2n) is 8.02. The van der Waals surface area contributed by atoms with Gasteiger partial charge in [-0.05, 0) is 29.2 Å². The SMILES string of the molecule is COCCN1C(=O)C(O)=C(C(=O)CC(C)C)C1c1ccc(OCc2ccccc2)cc1. The van der Waals surface area contributed by atoms with Crippen LogP contribution in [0.1, 0.15) is 37.4 Å². The third-order valence-corrected chi connectivity index (χ3v) is 5.18. The van der Waals surface area contributed by atoms with Crippen LogP contribution in [0.15, 0.2) is 65.9 Å². The highest BCUT2D eigenvalue weighted by molar-refractivity contribution is 6.09. The van der Waals surface area contributed by atoms with Gasteiger partial charge in [0, 0.05) is 20.1 Å². The molecule has 2 aromatic carbocycles. The van der Waals surface area contributed by atoms with Gasteiger partial charge in [-0.25, -0.2) is 0 Å². The smallest absolute Gasteiger partial charge is 0.290 e. The van der Waals surface area contributed by atoms with E-state index in [1.807, 2.05) is 68.4 Å². The van der Waals surface area contributed by atoms with Crippen molar-refractivity contribution in [1.82, 2.24) is 4.90 Å². The molecular weight excluding hydrogens is 394 g/mol. The number of Topliss-reactive ketones (excluding diaryl/α,β-unsaturated/α-hetero) is 1. The van der Waals surface area contributed by atoms with E-state index in [2.05, 4.69) is 0 Å². The van der Waals surface area contributed by atoms with Gasteiger partial charge in [0.05, 0.1) is 18.2 Å². The summed E-state index contributed by atoms with van der Waals surface area (Å²) in [4.78, 5) is 27.1. The molecule has 0 radical (unpaired) electrons. The minimum atomic E-state index is -0.642. The van der Waals surface area contributed by atoms with Crippen LogP contribution >= 0.6 is 0 Å². The van der Waals surface area contributed by atoms with Crippen molar-refractivity contribution >= 4 is 11.7 Å². The number of amides is 1. The van der Waals surface area contributed by atoms with Crippen molar-refractivity contribution in [3.05, 3.63) is 77.1 Å². The Morgan fingerprint density at radius 1 is 1.10 bits per heavy atom. The fourth-order valence-electron chi connectivity index (χ4n) is 3.67. The number of nitrogens with zero attached hydrogens (tertiary/aromatic N) is 1. The van der Waals surface area contributed by atoms with Crippen molar-refractivity contribution in [2.75, 3.05) is 20.3 Å². The van der Waals surface area contributed by atoms with Gasteiger partial charge in [-0.15, -0.1) is 0 Å². The van der Waals surface area contributed by atoms with Crippen LogP contribution < -0.4 is 4.74 Å². The first-order valence-corrected chi connectivity index (χ1v) is 10.4. The molecule has 1 unspecified atom stereocenters. The average molecular weight is 424 g/mol. The number of rotatable bonds is 10. The number of methoxy groups -OCH3 is 1. The van der Waals surface area contributed by atoms with Crippen LogP contribution in [0.4, 0.5) is 0 Å². The quantitative estimate of drug-likeness (QED) is 0.619. The summed E-state index contributed by atoms with van der Waals surface area (Å²) < 4.78 is 11.0. The van der Waals surface area contributed by atoms with Gasteiger partial charge in [-0.1, -0.05) is 56.3 Å². The van der Waals surface area contributed by atoms with Gasteiger partial charge in [-0.3, -0.25) is 9.59 Å². The number of aliphatic hydroxyl groups is 1. The molecule has 1 atom stereocenters. The lowest BCUT2D eigenvalue weighted by atomic mass is 9.92. The van der Waals surface area contributed by atoms with Gasteiger partial charge in [0.25, 0.3) is 5.91 Å². The molecule has 0 saturated heterocycles. The highest BCUT2D eigenvalue weighted by Crippen LogP contribution is 2.39. The normalized spacial score (nSPS) is 16.3. The van der Waals surface area contributed by atoms with Crippen molar-refractivity contribution in [2.24, 2.45) is 5.92 Å². The molecule has 0 aliphatic carbocycles. The standard InChI is InChI=1S/C25H29NO5/c1-17(2)15-21(27)22-23(26(13-14-30-3)25(29)24(22)28)19-9-11-20(12-10-19)31-16-18-7-5-4-6-8-18/h4-12,17,23,28H,13-16H2,1-3H3. The second-order valence-corrected chi connectivity index (χ2v) is 8.02. The Kier molecular flexibility index (Phi) is 7.47. The third kappa shape index (κ3) is 5.33. The summed E-state index contributed by atoms with van der Waals surface area (Å²) >= 11 is 0. The monoisotopic (exact) mass is 423 g/mol. The molecule has 0 spiro atoms. The second kappa shape index (κ2) is 10.3. The van der Waals surface area contributed by atoms with Crippen molar-refractivity contribution in [3.63, 3.8) is 0 Å². The number of hydrogen-bond acceptors (Lipinski definition) is 5. The Labute approximate surface area is 183 Å². The molecule has 31 heavy (non-hydrogen) atoms. The van der Waals surface area contributed by atoms with Crippen molar-refractivity contribution < 1.29 is 24.2 Å². The maximum Gasteiger partial charge on any atom is 0.290 e. The summed E-state index contributed by atoms with van der Waals surface area (Å²) in [6, 6.07) is 16.5. The molecular formula is C25H29NO5. The van der Waals surface area contributed by atoms with E-state index in [1.165, 1.54) is 4.90 Å². The van der Waals surface area contributed by atoms with Crippen LogP contribution in [0, 0.1) is 5.92 Å². The van der Waals surface area contributed by atoms with Crippen LogP contribution in [-0.2, 0) is 20.9 Å². The summed E-state index contributed by atoms with van der Waals surface area (Å²) in [6.07, 6.45) is 0.263. The topological polar surface area (TPSA) is 76.1 Å². The first-order chi connectivity index (χ1) is 14.9. The molecule has 1 N–H and O–H groups in total. The van der Waals surface area contributed by atoms with E-state index in [0.717, 1.165) is 11.1 Å². The average Bonchev–Trinajstić information content (AvgIpc) is 3.01. The largest absolute Gasteiger partial charge is 0.503 e. The Morgan fingerprint density at radius 2 is 1.77 bits per heavy atom. The van der Waals surface area contributed by atoms with E-state index in [-0.39, 0.29) is 30.2 Å². The van der Waals surface area contributed by atoms with E-state index < -0.39 is 17.7 Å². The lowest BCUT2D eigenvalue weighted by molar-refractivity contribution is -0.130. The first kappa shape index (κ1) is 22.6. The zero-order valence-corrected chi connectivity index (χ0v) is 18.2. The highest BCUT2D eigenvalue weighted by Gasteiger charge is 2.43. The molecule has 0 aromatic heterocycles. The first-order valence-electron chi connectivity index (χ1n) is 10.4. The molecule has 6 nitrogen and oxygen atoms in total. The zero-order chi connectivity index (χ0) is 22.4. The van der Waals surface area contributed by atoms with Crippen LogP contribution in [0.25, 0.3) is 0 Å². The van der Waals surface area contributed by atoms with Gasteiger partial charge in [-0.2, -0.15) is 0 Å². The summed E-state index contributed by atoms with van der Waals surface area (Å²) in [5, 5.41) is 10.5. The molecule has 6 heteroatoms. The van der Waals surface area contributed by atoms with E-state index in [4.69, 9.17) is 9.47 Å². The summed E-state index contributed by atoms with van der Waals surface area (Å²) in [5.74, 6) is -0.418. The lowest BCUT2D eigenvalue weighted by Gasteiger charge is -2.27. The summed E-state index contributed by atoms with van der Waals surface area (Å²) in [6.45, 7) is 4.89. The molecule has 1 aliphatic heterocycles. The molecule has 1 aliphatic rings. The maximum absolute atomic E-state index is 12.9. The Hall–Kier alpha value is -3.12. The van der Waals surface area contributed by atoms with Gasteiger partial charge >= 0.3 is 0 Å². The van der Waals surface area contributed by atoms with Crippen molar-refractivity contribution in [2.45, 2.75) is 32.9 Å². The number of benzene rings is 2. The number of hydrogen-bond donors (Lipinski definition) is 1.